The molecule has 1 fully saturated rings. The molecule has 0 radical (unpaired) electrons. The predicted molar refractivity (Wildman–Crippen MR) is 134 cm³/mol. The highest BCUT2D eigenvalue weighted by molar-refractivity contribution is 6.04. The first kappa shape index (κ1) is 24.5. The van der Waals surface area contributed by atoms with Gasteiger partial charge in [0.15, 0.2) is 0 Å². The minimum atomic E-state index is -4.52. The third-order valence-corrected chi connectivity index (χ3v) is 6.18. The number of aryl methyl sites for hydroxylation is 1. The van der Waals surface area contributed by atoms with Gasteiger partial charge in [0.1, 0.15) is 0 Å². The molecule has 0 saturated carbocycles. The standard InChI is InChI=1S/C27H24F3N5O2/c1-18-5-6-22(33-26(36)19-3-2-4-21(11-19)27(28,29)30)13-25(18)35-16-24(32-17-35)20-12-23(15-31-14-20)34-7-9-37-10-8-34/h2-6,11-17H,7-10H2,1H3,(H,33,36). The Balaban J connectivity index is 1.37. The third kappa shape index (κ3) is 5.49. The van der Waals surface area contributed by atoms with Crippen LogP contribution in [0.2, 0.25) is 0 Å². The molecule has 5 rings (SSSR count). The molecule has 1 amide bonds. The summed E-state index contributed by atoms with van der Waals surface area (Å²) in [5, 5.41) is 2.69. The van der Waals surface area contributed by atoms with E-state index in [1.165, 1.54) is 12.1 Å². The number of benzene rings is 2. The number of hydrogen-bond donors (Lipinski definition) is 1. The van der Waals surface area contributed by atoms with E-state index in [1.807, 2.05) is 36.0 Å². The van der Waals surface area contributed by atoms with Gasteiger partial charge in [-0.15, -0.1) is 0 Å². The number of aromatic nitrogens is 3. The van der Waals surface area contributed by atoms with E-state index < -0.39 is 17.6 Å². The first-order valence-corrected chi connectivity index (χ1v) is 11.7. The molecule has 4 aromatic rings. The van der Waals surface area contributed by atoms with Crippen molar-refractivity contribution >= 4 is 17.3 Å². The van der Waals surface area contributed by atoms with E-state index in [0.29, 0.717) is 18.9 Å². The van der Waals surface area contributed by atoms with Crippen molar-refractivity contribution in [2.75, 3.05) is 36.5 Å². The molecule has 0 atom stereocenters. The Morgan fingerprint density at radius 1 is 1.05 bits per heavy atom. The van der Waals surface area contributed by atoms with Gasteiger partial charge in [0.05, 0.1) is 48.4 Å². The number of carbonyl (C=O) groups excluding carboxylic acids is 1. The molecule has 0 aliphatic carbocycles. The van der Waals surface area contributed by atoms with E-state index in [9.17, 15) is 18.0 Å². The van der Waals surface area contributed by atoms with Crippen LogP contribution in [0.5, 0.6) is 0 Å². The molecular formula is C27H24F3N5O2. The first-order chi connectivity index (χ1) is 17.8. The molecule has 37 heavy (non-hydrogen) atoms. The summed E-state index contributed by atoms with van der Waals surface area (Å²) < 4.78 is 46.4. The van der Waals surface area contributed by atoms with Crippen molar-refractivity contribution in [3.05, 3.63) is 90.1 Å². The van der Waals surface area contributed by atoms with Gasteiger partial charge in [-0.2, -0.15) is 13.2 Å². The van der Waals surface area contributed by atoms with Crippen molar-refractivity contribution in [3.63, 3.8) is 0 Å². The molecule has 7 nitrogen and oxygen atoms in total. The highest BCUT2D eigenvalue weighted by atomic mass is 19.4. The molecule has 190 valence electrons. The Bertz CT molecular complexity index is 1430. The van der Waals surface area contributed by atoms with E-state index in [1.54, 1.807) is 24.7 Å². The summed E-state index contributed by atoms with van der Waals surface area (Å²) in [7, 11) is 0. The molecule has 1 saturated heterocycles. The highest BCUT2D eigenvalue weighted by Gasteiger charge is 2.31. The van der Waals surface area contributed by atoms with Gasteiger partial charge in [0.2, 0.25) is 0 Å². The van der Waals surface area contributed by atoms with Crippen LogP contribution in [0.25, 0.3) is 16.9 Å². The lowest BCUT2D eigenvalue weighted by Crippen LogP contribution is -2.36. The van der Waals surface area contributed by atoms with Crippen LogP contribution in [0, 0.1) is 6.92 Å². The van der Waals surface area contributed by atoms with Crippen LogP contribution in [-0.2, 0) is 10.9 Å². The van der Waals surface area contributed by atoms with Crippen LogP contribution in [0.4, 0.5) is 24.5 Å². The minimum Gasteiger partial charge on any atom is -0.378 e. The molecule has 0 unspecified atom stereocenters. The van der Waals surface area contributed by atoms with Crippen LogP contribution in [-0.4, -0.2) is 46.7 Å². The third-order valence-electron chi connectivity index (χ3n) is 6.18. The smallest absolute Gasteiger partial charge is 0.378 e. The Labute approximate surface area is 211 Å². The number of halogens is 3. The lowest BCUT2D eigenvalue weighted by molar-refractivity contribution is -0.137. The van der Waals surface area contributed by atoms with E-state index in [2.05, 4.69) is 20.2 Å². The fourth-order valence-electron chi connectivity index (χ4n) is 4.17. The van der Waals surface area contributed by atoms with E-state index >= 15 is 0 Å². The normalized spacial score (nSPS) is 14.0. The van der Waals surface area contributed by atoms with Gasteiger partial charge < -0.3 is 19.5 Å². The summed E-state index contributed by atoms with van der Waals surface area (Å²) in [4.78, 5) is 23.8. The molecule has 2 aromatic carbocycles. The number of hydrogen-bond acceptors (Lipinski definition) is 5. The molecule has 2 aromatic heterocycles. The Morgan fingerprint density at radius 2 is 1.86 bits per heavy atom. The molecule has 1 N–H and O–H groups in total. The molecule has 3 heterocycles. The summed E-state index contributed by atoms with van der Waals surface area (Å²) in [6.45, 7) is 4.89. The first-order valence-electron chi connectivity index (χ1n) is 11.7. The van der Waals surface area contributed by atoms with Gasteiger partial charge in [-0.1, -0.05) is 12.1 Å². The number of ether oxygens (including phenoxy) is 1. The average molecular weight is 508 g/mol. The number of rotatable bonds is 5. The summed E-state index contributed by atoms with van der Waals surface area (Å²) in [6, 6.07) is 11.7. The molecular weight excluding hydrogens is 483 g/mol. The monoisotopic (exact) mass is 507 g/mol. The zero-order valence-electron chi connectivity index (χ0n) is 20.0. The van der Waals surface area contributed by atoms with Crippen LogP contribution >= 0.6 is 0 Å². The number of alkyl halides is 3. The lowest BCUT2D eigenvalue weighted by Gasteiger charge is -2.28. The second kappa shape index (κ2) is 10.1. The van der Waals surface area contributed by atoms with Crippen molar-refractivity contribution < 1.29 is 22.7 Å². The molecule has 0 bridgehead atoms. The van der Waals surface area contributed by atoms with Crippen LogP contribution in [0.1, 0.15) is 21.5 Å². The number of anilines is 2. The van der Waals surface area contributed by atoms with Gasteiger partial charge in [-0.3, -0.25) is 9.78 Å². The number of imidazole rings is 1. The van der Waals surface area contributed by atoms with Gasteiger partial charge in [0.25, 0.3) is 5.91 Å². The predicted octanol–water partition coefficient (Wildman–Crippen LogP) is 5.35. The van der Waals surface area contributed by atoms with Crippen molar-refractivity contribution in [2.45, 2.75) is 13.1 Å². The van der Waals surface area contributed by atoms with E-state index in [4.69, 9.17) is 4.74 Å². The zero-order valence-corrected chi connectivity index (χ0v) is 20.0. The van der Waals surface area contributed by atoms with Crippen molar-refractivity contribution in [3.8, 4) is 16.9 Å². The number of pyridine rings is 1. The average Bonchev–Trinajstić information content (AvgIpc) is 3.40. The van der Waals surface area contributed by atoms with E-state index in [0.717, 1.165) is 53.4 Å². The van der Waals surface area contributed by atoms with Crippen molar-refractivity contribution in [2.24, 2.45) is 0 Å². The molecule has 1 aliphatic heterocycles. The molecule has 1 aliphatic rings. The van der Waals surface area contributed by atoms with Gasteiger partial charge in [0, 0.05) is 42.3 Å². The fourth-order valence-corrected chi connectivity index (χ4v) is 4.17. The number of nitrogens with one attached hydrogen (secondary N) is 1. The summed E-state index contributed by atoms with van der Waals surface area (Å²) in [5.74, 6) is -0.627. The maximum Gasteiger partial charge on any atom is 0.416 e. The number of nitrogens with zero attached hydrogens (tertiary/aromatic N) is 4. The highest BCUT2D eigenvalue weighted by Crippen LogP contribution is 2.30. The summed E-state index contributed by atoms with van der Waals surface area (Å²) in [6.07, 6.45) is 2.61. The van der Waals surface area contributed by atoms with Crippen LogP contribution in [0.15, 0.2) is 73.4 Å². The SMILES string of the molecule is Cc1ccc(NC(=O)c2cccc(C(F)(F)F)c2)cc1-n1cnc(-c2cncc(N3CCOCC3)c2)c1. The summed E-state index contributed by atoms with van der Waals surface area (Å²) >= 11 is 0. The lowest BCUT2D eigenvalue weighted by atomic mass is 10.1. The van der Waals surface area contributed by atoms with Gasteiger partial charge in [-0.05, 0) is 48.9 Å². The van der Waals surface area contributed by atoms with Gasteiger partial charge >= 0.3 is 6.18 Å². The number of amides is 1. The Hall–Kier alpha value is -4.18. The zero-order chi connectivity index (χ0) is 26.0. The second-order valence-corrected chi connectivity index (χ2v) is 8.73. The summed E-state index contributed by atoms with van der Waals surface area (Å²) in [5.41, 5.74) is 3.83. The maximum atomic E-state index is 13.0. The number of carbonyl (C=O) groups is 1. The van der Waals surface area contributed by atoms with Crippen molar-refractivity contribution in [1.29, 1.82) is 0 Å². The topological polar surface area (TPSA) is 72.3 Å². The second-order valence-electron chi connectivity index (χ2n) is 8.73. The molecule has 10 heteroatoms. The number of morpholine rings is 1. The van der Waals surface area contributed by atoms with Crippen LogP contribution in [0.3, 0.4) is 0 Å². The molecule has 0 spiro atoms. The van der Waals surface area contributed by atoms with Crippen LogP contribution < -0.4 is 10.2 Å². The maximum absolute atomic E-state index is 13.0. The quantitative estimate of drug-likeness (QED) is 0.394. The van der Waals surface area contributed by atoms with E-state index in [-0.39, 0.29) is 5.56 Å². The largest absolute Gasteiger partial charge is 0.416 e. The van der Waals surface area contributed by atoms with Crippen molar-refractivity contribution in [1.82, 2.24) is 14.5 Å². The fraction of sp³-hybridized carbons (Fsp3) is 0.222. The Morgan fingerprint density at radius 3 is 2.65 bits per heavy atom. The Kier molecular flexibility index (Phi) is 6.66. The van der Waals surface area contributed by atoms with Gasteiger partial charge in [-0.25, -0.2) is 4.98 Å². The minimum absolute atomic E-state index is 0.0745.